The van der Waals surface area contributed by atoms with E-state index in [1.54, 1.807) is 19.1 Å². The first kappa shape index (κ1) is 12.8. The molecule has 0 fully saturated rings. The smallest absolute Gasteiger partial charge is 0.309 e. The number of hydrogen-bond donors (Lipinski definition) is 2. The molecule has 1 aromatic carbocycles. The van der Waals surface area contributed by atoms with Crippen molar-refractivity contribution < 1.29 is 9.90 Å². The quantitative estimate of drug-likeness (QED) is 0.797. The van der Waals surface area contributed by atoms with Gasteiger partial charge < -0.3 is 10.8 Å². The third-order valence-corrected chi connectivity index (χ3v) is 3.30. The Morgan fingerprint density at radius 1 is 1.56 bits per heavy atom. The van der Waals surface area contributed by atoms with Crippen LogP contribution in [0.1, 0.15) is 25.8 Å². The van der Waals surface area contributed by atoms with Crippen molar-refractivity contribution in [1.29, 1.82) is 0 Å². The molecule has 3 N–H and O–H groups in total. The van der Waals surface area contributed by atoms with E-state index < -0.39 is 11.4 Å². The number of carbonyl (C=O) groups is 1. The number of rotatable bonds is 4. The van der Waals surface area contributed by atoms with E-state index in [1.807, 2.05) is 13.0 Å². The van der Waals surface area contributed by atoms with Crippen LogP contribution in [0.2, 0.25) is 5.02 Å². The lowest BCUT2D eigenvalue weighted by Crippen LogP contribution is -2.29. The predicted molar refractivity (Wildman–Crippen MR) is 65.6 cm³/mol. The zero-order chi connectivity index (χ0) is 12.3. The Labute approximate surface area is 100 Å². The number of hydrogen-bond acceptors (Lipinski definition) is 2. The van der Waals surface area contributed by atoms with Crippen LogP contribution in [-0.2, 0) is 11.2 Å². The van der Waals surface area contributed by atoms with Gasteiger partial charge in [-0.25, -0.2) is 0 Å². The van der Waals surface area contributed by atoms with Crippen LogP contribution in [0.15, 0.2) is 18.2 Å². The van der Waals surface area contributed by atoms with Crippen molar-refractivity contribution >= 4 is 23.3 Å². The second-order valence-electron chi connectivity index (χ2n) is 4.25. The third-order valence-electron chi connectivity index (χ3n) is 2.95. The molecule has 0 heterocycles. The van der Waals surface area contributed by atoms with Gasteiger partial charge in [-0.1, -0.05) is 24.6 Å². The van der Waals surface area contributed by atoms with Gasteiger partial charge in [0.25, 0.3) is 0 Å². The third kappa shape index (κ3) is 2.67. The second-order valence-corrected chi connectivity index (χ2v) is 4.66. The molecule has 0 aliphatic rings. The summed E-state index contributed by atoms with van der Waals surface area (Å²) in [5, 5.41) is 9.66. The summed E-state index contributed by atoms with van der Waals surface area (Å²) in [5.41, 5.74) is 6.31. The first-order chi connectivity index (χ1) is 7.39. The molecule has 0 amide bonds. The van der Waals surface area contributed by atoms with Gasteiger partial charge in [-0.05, 0) is 37.5 Å². The normalized spacial score (nSPS) is 14.4. The van der Waals surface area contributed by atoms with E-state index in [2.05, 4.69) is 0 Å². The summed E-state index contributed by atoms with van der Waals surface area (Å²) >= 11 is 5.81. The van der Waals surface area contributed by atoms with Gasteiger partial charge in [0.15, 0.2) is 0 Å². The maximum absolute atomic E-state index is 11.2. The van der Waals surface area contributed by atoms with Gasteiger partial charge in [-0.15, -0.1) is 0 Å². The lowest BCUT2D eigenvalue weighted by atomic mass is 9.81. The molecule has 0 saturated carbocycles. The Balaban J connectivity index is 2.95. The van der Waals surface area contributed by atoms with E-state index in [1.165, 1.54) is 0 Å². The molecule has 0 aliphatic heterocycles. The fourth-order valence-corrected chi connectivity index (χ4v) is 1.62. The van der Waals surface area contributed by atoms with Crippen LogP contribution in [0, 0.1) is 5.41 Å². The van der Waals surface area contributed by atoms with Crippen molar-refractivity contribution in [1.82, 2.24) is 0 Å². The van der Waals surface area contributed by atoms with Gasteiger partial charge in [0.05, 0.1) is 16.1 Å². The van der Waals surface area contributed by atoms with Crippen LogP contribution in [-0.4, -0.2) is 11.1 Å². The van der Waals surface area contributed by atoms with Crippen LogP contribution in [0.5, 0.6) is 0 Å². The summed E-state index contributed by atoms with van der Waals surface area (Å²) in [6, 6.07) is 5.25. The Hall–Kier alpha value is -1.22. The maximum Gasteiger partial charge on any atom is 0.309 e. The van der Waals surface area contributed by atoms with E-state index in [0.717, 1.165) is 5.56 Å². The molecule has 0 bridgehead atoms. The minimum Gasteiger partial charge on any atom is -0.481 e. The number of benzene rings is 1. The van der Waals surface area contributed by atoms with Gasteiger partial charge in [0.2, 0.25) is 0 Å². The largest absolute Gasteiger partial charge is 0.481 e. The fraction of sp³-hybridized carbons (Fsp3) is 0.417. The highest BCUT2D eigenvalue weighted by Gasteiger charge is 2.31. The van der Waals surface area contributed by atoms with Crippen LogP contribution in [0.3, 0.4) is 0 Å². The fourth-order valence-electron chi connectivity index (χ4n) is 1.51. The number of aliphatic carboxylic acids is 1. The Morgan fingerprint density at radius 3 is 2.62 bits per heavy atom. The van der Waals surface area contributed by atoms with Crippen LogP contribution >= 0.6 is 11.6 Å². The highest BCUT2D eigenvalue weighted by molar-refractivity contribution is 6.33. The number of nitrogen functional groups attached to an aromatic ring is 1. The summed E-state index contributed by atoms with van der Waals surface area (Å²) < 4.78 is 0. The number of nitrogens with two attached hydrogens (primary N) is 1. The average molecular weight is 242 g/mol. The van der Waals surface area contributed by atoms with Gasteiger partial charge >= 0.3 is 5.97 Å². The molecular weight excluding hydrogens is 226 g/mol. The number of halogens is 1. The lowest BCUT2D eigenvalue weighted by molar-refractivity contribution is -0.148. The van der Waals surface area contributed by atoms with Gasteiger partial charge in [-0.3, -0.25) is 4.79 Å². The molecule has 16 heavy (non-hydrogen) atoms. The predicted octanol–water partition coefficient (Wildman–Crippen LogP) is 2.97. The van der Waals surface area contributed by atoms with Crippen LogP contribution in [0.25, 0.3) is 0 Å². The monoisotopic (exact) mass is 241 g/mol. The maximum atomic E-state index is 11.2. The molecule has 3 nitrogen and oxygen atoms in total. The standard InChI is InChI=1S/C12H16ClNO2/c1-3-12(2,11(15)16)7-8-4-5-9(13)10(14)6-8/h4-6H,3,7,14H2,1-2H3,(H,15,16)/t12-/m0/s1. The molecule has 0 radical (unpaired) electrons. The molecule has 1 rings (SSSR count). The van der Waals surface area contributed by atoms with E-state index in [0.29, 0.717) is 23.6 Å². The van der Waals surface area contributed by atoms with Crippen molar-refractivity contribution in [2.24, 2.45) is 5.41 Å². The summed E-state index contributed by atoms with van der Waals surface area (Å²) in [5.74, 6) is -0.788. The molecule has 0 unspecified atom stereocenters. The second kappa shape index (κ2) is 4.74. The minimum absolute atomic E-state index is 0.459. The topological polar surface area (TPSA) is 63.3 Å². The molecule has 0 spiro atoms. The molecular formula is C12H16ClNO2. The van der Waals surface area contributed by atoms with Crippen molar-refractivity contribution in [3.63, 3.8) is 0 Å². The van der Waals surface area contributed by atoms with Gasteiger partial charge in [0, 0.05) is 0 Å². The van der Waals surface area contributed by atoms with Crippen molar-refractivity contribution in [2.75, 3.05) is 5.73 Å². The molecule has 1 atom stereocenters. The zero-order valence-corrected chi connectivity index (χ0v) is 10.2. The minimum atomic E-state index is -0.788. The SMILES string of the molecule is CC[C@@](C)(Cc1ccc(Cl)c(N)c1)C(=O)O. The first-order valence-corrected chi connectivity index (χ1v) is 5.54. The highest BCUT2D eigenvalue weighted by Crippen LogP contribution is 2.29. The van der Waals surface area contributed by atoms with Crippen molar-refractivity contribution in [3.05, 3.63) is 28.8 Å². The average Bonchev–Trinajstić information content (AvgIpc) is 2.23. The summed E-state index contributed by atoms with van der Waals surface area (Å²) in [4.78, 5) is 11.2. The molecule has 0 aromatic heterocycles. The number of carboxylic acid groups (broad SMARTS) is 1. The van der Waals surface area contributed by atoms with Gasteiger partial charge in [0.1, 0.15) is 0 Å². The first-order valence-electron chi connectivity index (χ1n) is 5.16. The van der Waals surface area contributed by atoms with Crippen LogP contribution < -0.4 is 5.73 Å². The molecule has 0 aliphatic carbocycles. The molecule has 0 saturated heterocycles. The van der Waals surface area contributed by atoms with E-state index in [-0.39, 0.29) is 0 Å². The molecule has 4 heteroatoms. The Kier molecular flexibility index (Phi) is 3.81. The molecule has 88 valence electrons. The van der Waals surface area contributed by atoms with Crippen molar-refractivity contribution in [3.8, 4) is 0 Å². The summed E-state index contributed by atoms with van der Waals surface area (Å²) in [7, 11) is 0. The van der Waals surface area contributed by atoms with Crippen molar-refractivity contribution in [2.45, 2.75) is 26.7 Å². The summed E-state index contributed by atoms with van der Waals surface area (Å²) in [6.45, 7) is 3.60. The summed E-state index contributed by atoms with van der Waals surface area (Å²) in [6.07, 6.45) is 1.03. The lowest BCUT2D eigenvalue weighted by Gasteiger charge is -2.23. The highest BCUT2D eigenvalue weighted by atomic mass is 35.5. The van der Waals surface area contributed by atoms with E-state index >= 15 is 0 Å². The number of carboxylic acids is 1. The Morgan fingerprint density at radius 2 is 2.19 bits per heavy atom. The number of anilines is 1. The van der Waals surface area contributed by atoms with E-state index in [4.69, 9.17) is 22.4 Å². The molecule has 1 aromatic rings. The zero-order valence-electron chi connectivity index (χ0n) is 9.46. The van der Waals surface area contributed by atoms with Gasteiger partial charge in [-0.2, -0.15) is 0 Å². The van der Waals surface area contributed by atoms with E-state index in [9.17, 15) is 4.79 Å². The Bertz CT molecular complexity index is 406. The van der Waals surface area contributed by atoms with Crippen LogP contribution in [0.4, 0.5) is 5.69 Å².